The topological polar surface area (TPSA) is 75.3 Å². The number of likely N-dealkylation sites (N-methyl/N-ethyl adjacent to an activating group) is 1. The first-order valence-electron chi connectivity index (χ1n) is 8.05. The molecule has 0 radical (unpaired) electrons. The molecule has 1 amide bonds. The van der Waals surface area contributed by atoms with Gasteiger partial charge in [-0.15, -0.1) is 0 Å². The zero-order valence-corrected chi connectivity index (χ0v) is 15.8. The van der Waals surface area contributed by atoms with E-state index in [0.29, 0.717) is 34.5 Å². The fourth-order valence-corrected chi connectivity index (χ4v) is 3.41. The van der Waals surface area contributed by atoms with Crippen LogP contribution >= 0.6 is 23.2 Å². The summed E-state index contributed by atoms with van der Waals surface area (Å²) in [5.41, 5.74) is 2.70. The summed E-state index contributed by atoms with van der Waals surface area (Å²) in [6.07, 6.45) is 3.41. The van der Waals surface area contributed by atoms with E-state index < -0.39 is 12.0 Å². The Kier molecular flexibility index (Phi) is 5.34. The highest BCUT2D eigenvalue weighted by atomic mass is 35.5. The molecule has 0 saturated heterocycles. The normalized spacial score (nSPS) is 16.4. The third-order valence-corrected chi connectivity index (χ3v) is 4.79. The van der Waals surface area contributed by atoms with Gasteiger partial charge in [0.2, 0.25) is 0 Å². The van der Waals surface area contributed by atoms with Crippen molar-refractivity contribution in [3.05, 3.63) is 62.9 Å². The number of halogens is 2. The highest BCUT2D eigenvalue weighted by molar-refractivity contribution is 6.35. The number of aromatic nitrogens is 2. The van der Waals surface area contributed by atoms with Crippen LogP contribution in [-0.4, -0.2) is 40.6 Å². The molecular weight excluding hydrogens is 377 g/mol. The number of hydrogen-bond donors (Lipinski definition) is 1. The second kappa shape index (κ2) is 7.51. The lowest BCUT2D eigenvalue weighted by Gasteiger charge is -2.18. The highest BCUT2D eigenvalue weighted by Crippen LogP contribution is 2.36. The van der Waals surface area contributed by atoms with Gasteiger partial charge in [0.05, 0.1) is 18.3 Å². The summed E-state index contributed by atoms with van der Waals surface area (Å²) in [5, 5.41) is 8.17. The van der Waals surface area contributed by atoms with Gasteiger partial charge in [-0.05, 0) is 24.6 Å². The SMILES string of the molecule is CCOC(=O)C=CC1c2c(Cc3ccc(Cl)cc3Cl)n[nH]c2C(=O)N1C. The van der Waals surface area contributed by atoms with Crippen LogP contribution in [0.15, 0.2) is 30.4 Å². The molecule has 0 fully saturated rings. The van der Waals surface area contributed by atoms with E-state index in [2.05, 4.69) is 10.2 Å². The number of aromatic amines is 1. The predicted molar refractivity (Wildman–Crippen MR) is 98.5 cm³/mol. The van der Waals surface area contributed by atoms with E-state index in [-0.39, 0.29) is 5.91 Å². The first-order chi connectivity index (χ1) is 12.4. The van der Waals surface area contributed by atoms with Crippen LogP contribution < -0.4 is 0 Å². The van der Waals surface area contributed by atoms with Gasteiger partial charge in [-0.2, -0.15) is 5.10 Å². The summed E-state index contributed by atoms with van der Waals surface area (Å²) in [6, 6.07) is 4.85. The molecule has 1 aromatic carbocycles. The largest absolute Gasteiger partial charge is 0.463 e. The minimum Gasteiger partial charge on any atom is -0.463 e. The highest BCUT2D eigenvalue weighted by Gasteiger charge is 2.37. The standard InChI is InChI=1S/C18H17Cl2N3O3/c1-3-26-15(24)7-6-14-16-13(21-22-17(16)18(25)23(14)2)8-10-4-5-11(19)9-12(10)20/h4-7,9,14H,3,8H2,1-2H3,(H,21,22). The lowest BCUT2D eigenvalue weighted by Crippen LogP contribution is -2.23. The van der Waals surface area contributed by atoms with Crippen LogP contribution in [0, 0.1) is 0 Å². The van der Waals surface area contributed by atoms with Crippen LogP contribution in [0.25, 0.3) is 0 Å². The molecule has 0 aliphatic carbocycles. The number of esters is 1. The van der Waals surface area contributed by atoms with E-state index in [1.54, 1.807) is 37.1 Å². The van der Waals surface area contributed by atoms with E-state index in [0.717, 1.165) is 11.1 Å². The Hall–Kier alpha value is -2.31. The Labute approximate surface area is 160 Å². The fourth-order valence-electron chi connectivity index (χ4n) is 2.93. The number of amides is 1. The predicted octanol–water partition coefficient (Wildman–Crippen LogP) is 3.55. The number of hydrogen-bond acceptors (Lipinski definition) is 4. The molecule has 1 aliphatic rings. The van der Waals surface area contributed by atoms with E-state index in [1.165, 1.54) is 6.08 Å². The molecule has 1 unspecified atom stereocenters. The van der Waals surface area contributed by atoms with Crippen molar-refractivity contribution in [3.63, 3.8) is 0 Å². The minimum atomic E-state index is -0.451. The van der Waals surface area contributed by atoms with Crippen LogP contribution in [0.4, 0.5) is 0 Å². The molecule has 6 nitrogen and oxygen atoms in total. The quantitative estimate of drug-likeness (QED) is 0.622. The third-order valence-electron chi connectivity index (χ3n) is 4.20. The average molecular weight is 394 g/mol. The number of carbonyl (C=O) groups is 2. The minimum absolute atomic E-state index is 0.181. The van der Waals surface area contributed by atoms with Crippen LogP contribution in [0.1, 0.15) is 40.3 Å². The van der Waals surface area contributed by atoms with Crippen molar-refractivity contribution in [1.29, 1.82) is 0 Å². The maximum absolute atomic E-state index is 12.4. The van der Waals surface area contributed by atoms with Crippen LogP contribution in [0.3, 0.4) is 0 Å². The molecule has 1 N–H and O–H groups in total. The summed E-state index contributed by atoms with van der Waals surface area (Å²) >= 11 is 12.2. The third kappa shape index (κ3) is 3.48. The lowest BCUT2D eigenvalue weighted by atomic mass is 10.0. The Balaban J connectivity index is 1.93. The number of nitrogens with zero attached hydrogens (tertiary/aromatic N) is 2. The molecular formula is C18H17Cl2N3O3. The summed E-state index contributed by atoms with van der Waals surface area (Å²) in [7, 11) is 1.68. The zero-order valence-electron chi connectivity index (χ0n) is 14.3. The first-order valence-corrected chi connectivity index (χ1v) is 8.81. The van der Waals surface area contributed by atoms with Crippen molar-refractivity contribution in [2.24, 2.45) is 0 Å². The second-order valence-electron chi connectivity index (χ2n) is 5.84. The van der Waals surface area contributed by atoms with Gasteiger partial charge in [0.1, 0.15) is 5.69 Å². The summed E-state index contributed by atoms with van der Waals surface area (Å²) < 4.78 is 4.90. The number of rotatable bonds is 5. The molecule has 3 rings (SSSR count). The molecule has 136 valence electrons. The number of benzene rings is 1. The van der Waals surface area contributed by atoms with Crippen LogP contribution in [0.5, 0.6) is 0 Å². The molecule has 1 aliphatic heterocycles. The summed E-state index contributed by atoms with van der Waals surface area (Å²) in [5.74, 6) is -0.632. The van der Waals surface area contributed by atoms with Gasteiger partial charge in [-0.25, -0.2) is 4.79 Å². The van der Waals surface area contributed by atoms with Crippen molar-refractivity contribution in [2.45, 2.75) is 19.4 Å². The van der Waals surface area contributed by atoms with Gasteiger partial charge in [-0.3, -0.25) is 9.89 Å². The fraction of sp³-hybridized carbons (Fsp3) is 0.278. The second-order valence-corrected chi connectivity index (χ2v) is 6.69. The Morgan fingerprint density at radius 2 is 2.19 bits per heavy atom. The van der Waals surface area contributed by atoms with E-state index in [9.17, 15) is 9.59 Å². The molecule has 1 atom stereocenters. The smallest absolute Gasteiger partial charge is 0.330 e. The Morgan fingerprint density at radius 1 is 1.42 bits per heavy atom. The molecule has 0 bridgehead atoms. The van der Waals surface area contributed by atoms with Gasteiger partial charge < -0.3 is 9.64 Å². The van der Waals surface area contributed by atoms with Crippen molar-refractivity contribution in [1.82, 2.24) is 15.1 Å². The molecule has 1 aromatic heterocycles. The van der Waals surface area contributed by atoms with Gasteiger partial charge in [0.25, 0.3) is 5.91 Å². The van der Waals surface area contributed by atoms with Gasteiger partial charge >= 0.3 is 5.97 Å². The van der Waals surface area contributed by atoms with Crippen LogP contribution in [0.2, 0.25) is 10.0 Å². The molecule has 2 heterocycles. The number of fused-ring (bicyclic) bond motifs is 1. The van der Waals surface area contributed by atoms with Gasteiger partial charge in [0, 0.05) is 35.2 Å². The first kappa shape index (κ1) is 18.5. The van der Waals surface area contributed by atoms with Crippen molar-refractivity contribution in [2.75, 3.05) is 13.7 Å². The number of carbonyl (C=O) groups excluding carboxylic acids is 2. The van der Waals surface area contributed by atoms with Crippen molar-refractivity contribution < 1.29 is 14.3 Å². The maximum Gasteiger partial charge on any atom is 0.330 e. The monoisotopic (exact) mass is 393 g/mol. The number of ether oxygens (including phenoxy) is 1. The number of nitrogens with one attached hydrogen (secondary N) is 1. The van der Waals surface area contributed by atoms with Crippen molar-refractivity contribution >= 4 is 35.1 Å². The molecule has 0 saturated carbocycles. The zero-order chi connectivity index (χ0) is 18.8. The van der Waals surface area contributed by atoms with Crippen molar-refractivity contribution in [3.8, 4) is 0 Å². The molecule has 26 heavy (non-hydrogen) atoms. The maximum atomic E-state index is 12.4. The summed E-state index contributed by atoms with van der Waals surface area (Å²) in [4.78, 5) is 25.6. The van der Waals surface area contributed by atoms with E-state index >= 15 is 0 Å². The van der Waals surface area contributed by atoms with Crippen LogP contribution in [-0.2, 0) is 16.0 Å². The number of H-pyrrole nitrogens is 1. The molecule has 8 heteroatoms. The van der Waals surface area contributed by atoms with E-state index in [1.807, 2.05) is 6.07 Å². The Bertz CT molecular complexity index is 892. The van der Waals surface area contributed by atoms with Gasteiger partial charge in [0.15, 0.2) is 0 Å². The Morgan fingerprint density at radius 3 is 2.88 bits per heavy atom. The average Bonchev–Trinajstić information content (AvgIpc) is 3.10. The molecule has 0 spiro atoms. The molecule has 2 aromatic rings. The summed E-state index contributed by atoms with van der Waals surface area (Å²) in [6.45, 7) is 2.03. The van der Waals surface area contributed by atoms with Gasteiger partial charge in [-0.1, -0.05) is 35.3 Å². The van der Waals surface area contributed by atoms with E-state index in [4.69, 9.17) is 27.9 Å². The lowest BCUT2D eigenvalue weighted by molar-refractivity contribution is -0.137.